The molecule has 0 aromatic heterocycles. The summed E-state index contributed by atoms with van der Waals surface area (Å²) in [5.74, 6) is 0.0316. The molecule has 2 aromatic rings. The van der Waals surface area contributed by atoms with E-state index in [1.807, 2.05) is 64.2 Å². The van der Waals surface area contributed by atoms with Gasteiger partial charge < -0.3 is 26.9 Å². The summed E-state index contributed by atoms with van der Waals surface area (Å²) >= 11 is 0. The van der Waals surface area contributed by atoms with Crippen LogP contribution in [0.25, 0.3) is 5.57 Å². The molecule has 6 N–H and O–H groups in total. The second kappa shape index (κ2) is 12.0. The molecule has 6 heteroatoms. The summed E-state index contributed by atoms with van der Waals surface area (Å²) in [6.45, 7) is 9.91. The van der Waals surface area contributed by atoms with Gasteiger partial charge in [0, 0.05) is 6.42 Å². The molecule has 0 heterocycles. The third kappa shape index (κ3) is 7.74. The average molecular weight is 461 g/mol. The molecule has 1 unspecified atom stereocenters. The quantitative estimate of drug-likeness (QED) is 0.304. The minimum atomic E-state index is -0.476. The maximum atomic E-state index is 12.4. The number of phenolic OH excluding ortho intramolecular Hbond substituents is 1. The highest BCUT2D eigenvalue weighted by molar-refractivity contribution is 5.99. The molecule has 3 rings (SSSR count). The van der Waals surface area contributed by atoms with Crippen molar-refractivity contribution < 1.29 is 9.90 Å². The van der Waals surface area contributed by atoms with Crippen molar-refractivity contribution in [3.63, 3.8) is 0 Å². The number of carbonyl (C=O) groups is 1. The number of benzene rings is 2. The predicted molar refractivity (Wildman–Crippen MR) is 142 cm³/mol. The lowest BCUT2D eigenvalue weighted by atomic mass is 9.91. The van der Waals surface area contributed by atoms with Crippen molar-refractivity contribution in [2.45, 2.75) is 45.2 Å². The molecule has 1 aliphatic rings. The van der Waals surface area contributed by atoms with E-state index in [-0.39, 0.29) is 17.7 Å². The minimum absolute atomic E-state index is 0.0302. The maximum Gasteiger partial charge on any atom is 0.221 e. The Bertz CT molecular complexity index is 1100. The Hall–Kier alpha value is -3.64. The molecule has 2 aromatic carbocycles. The largest absolute Gasteiger partial charge is 0.506 e. The summed E-state index contributed by atoms with van der Waals surface area (Å²) in [5.41, 5.74) is 10.2. The topological polar surface area (TPSA) is 111 Å². The highest BCUT2D eigenvalue weighted by Crippen LogP contribution is 2.24. The molecule has 0 saturated carbocycles. The molecule has 0 saturated heterocycles. The predicted octanol–water partition coefficient (Wildman–Crippen LogP) is 4.71. The van der Waals surface area contributed by atoms with Crippen molar-refractivity contribution in [2.75, 3.05) is 12.8 Å². The normalized spacial score (nSPS) is 14.8. The zero-order valence-electron chi connectivity index (χ0n) is 20.5. The van der Waals surface area contributed by atoms with Crippen LogP contribution in [0.2, 0.25) is 0 Å². The van der Waals surface area contributed by atoms with Gasteiger partial charge in [0.15, 0.2) is 0 Å². The number of aryl methyl sites for hydroxylation is 1. The number of phenols is 1. The van der Waals surface area contributed by atoms with Gasteiger partial charge in [-0.05, 0) is 75.2 Å². The lowest BCUT2D eigenvalue weighted by molar-refractivity contribution is -0.122. The first-order valence-electron chi connectivity index (χ1n) is 11.3. The number of hydrogen-bond acceptors (Lipinski definition) is 5. The van der Waals surface area contributed by atoms with Gasteiger partial charge >= 0.3 is 0 Å². The molecule has 6 nitrogen and oxygen atoms in total. The molecule has 0 spiro atoms. The fourth-order valence-electron chi connectivity index (χ4n) is 3.47. The number of carbonyl (C=O) groups excluding carboxylic acids is 1. The summed E-state index contributed by atoms with van der Waals surface area (Å²) in [6, 6.07) is 13.2. The third-order valence-corrected chi connectivity index (χ3v) is 5.60. The molecule has 180 valence electrons. The lowest BCUT2D eigenvalue weighted by Crippen LogP contribution is -2.41. The minimum Gasteiger partial charge on any atom is -0.506 e. The molecule has 0 aliphatic heterocycles. The Balaban J connectivity index is 0.000000379. The zero-order valence-corrected chi connectivity index (χ0v) is 20.5. The Morgan fingerprint density at radius 3 is 2.53 bits per heavy atom. The van der Waals surface area contributed by atoms with Crippen LogP contribution in [-0.4, -0.2) is 29.8 Å². The summed E-state index contributed by atoms with van der Waals surface area (Å²) in [5, 5.41) is 22.9. The first-order valence-corrected chi connectivity index (χ1v) is 11.3. The summed E-state index contributed by atoms with van der Waals surface area (Å²) in [4.78, 5) is 12.4. The average Bonchev–Trinajstić information content (AvgIpc) is 2.80. The number of likely N-dealkylation sites (N-methyl/N-ethyl adjacent to an activating group) is 1. The van der Waals surface area contributed by atoms with E-state index < -0.39 is 5.54 Å². The Labute approximate surface area is 202 Å². The molecule has 0 radical (unpaired) electrons. The maximum absolute atomic E-state index is 12.4. The van der Waals surface area contributed by atoms with E-state index in [1.165, 1.54) is 0 Å². The van der Waals surface area contributed by atoms with Crippen molar-refractivity contribution in [2.24, 2.45) is 0 Å². The number of hydrogen-bond donors (Lipinski definition) is 5. The van der Waals surface area contributed by atoms with E-state index in [1.54, 1.807) is 24.3 Å². The number of aromatic hydroxyl groups is 1. The number of anilines is 1. The van der Waals surface area contributed by atoms with E-state index in [9.17, 15) is 9.90 Å². The smallest absolute Gasteiger partial charge is 0.221 e. The number of rotatable bonds is 7. The van der Waals surface area contributed by atoms with Crippen molar-refractivity contribution >= 4 is 22.9 Å². The van der Waals surface area contributed by atoms with Crippen molar-refractivity contribution in [1.29, 1.82) is 5.41 Å². The van der Waals surface area contributed by atoms with Crippen LogP contribution in [0.5, 0.6) is 5.75 Å². The summed E-state index contributed by atoms with van der Waals surface area (Å²) in [6.07, 6.45) is 8.49. The SMILES string of the molecule is C=C(C)c1cccc(C(C)(C)NC(=O)CCc2ccc(O)c(N)c2)c1.CNC1C=CC=CC1=N. The van der Waals surface area contributed by atoms with Gasteiger partial charge in [-0.1, -0.05) is 54.6 Å². The van der Waals surface area contributed by atoms with Gasteiger partial charge in [-0.15, -0.1) is 0 Å². The standard InChI is InChI=1S/C21H26N2O2.C7H10N2/c1-14(2)16-6-5-7-17(13-16)21(3,4)23-20(25)11-9-15-8-10-19(24)18(22)12-15;1-9-7-5-3-2-4-6(7)8/h5-8,10,12-13,24H,1,9,11,22H2,2-4H3,(H,23,25);2-5,7-9H,1H3. The van der Waals surface area contributed by atoms with Gasteiger partial charge in [-0.25, -0.2) is 0 Å². The fourth-order valence-corrected chi connectivity index (χ4v) is 3.47. The van der Waals surface area contributed by atoms with Crippen molar-refractivity contribution in [3.8, 4) is 5.75 Å². The summed E-state index contributed by atoms with van der Waals surface area (Å²) < 4.78 is 0. The van der Waals surface area contributed by atoms with E-state index in [0.29, 0.717) is 24.2 Å². The number of nitrogens with one attached hydrogen (secondary N) is 3. The van der Waals surface area contributed by atoms with Crippen molar-refractivity contribution in [1.82, 2.24) is 10.6 Å². The van der Waals surface area contributed by atoms with Crippen LogP contribution in [0.1, 0.15) is 43.9 Å². The van der Waals surface area contributed by atoms with Crippen LogP contribution >= 0.6 is 0 Å². The van der Waals surface area contributed by atoms with Gasteiger partial charge in [0.25, 0.3) is 0 Å². The van der Waals surface area contributed by atoms with Crippen LogP contribution in [0.15, 0.2) is 73.3 Å². The van der Waals surface area contributed by atoms with Gasteiger partial charge in [-0.2, -0.15) is 0 Å². The Morgan fingerprint density at radius 1 is 1.21 bits per heavy atom. The Morgan fingerprint density at radius 2 is 1.94 bits per heavy atom. The number of allylic oxidation sites excluding steroid dienone is 3. The molecule has 34 heavy (non-hydrogen) atoms. The number of nitrogens with two attached hydrogens (primary N) is 1. The third-order valence-electron chi connectivity index (χ3n) is 5.60. The zero-order chi connectivity index (χ0) is 25.3. The van der Waals surface area contributed by atoms with Crippen LogP contribution in [-0.2, 0) is 16.8 Å². The highest BCUT2D eigenvalue weighted by atomic mass is 16.3. The van der Waals surface area contributed by atoms with Crippen LogP contribution < -0.4 is 16.4 Å². The van der Waals surface area contributed by atoms with Crippen LogP contribution in [0.3, 0.4) is 0 Å². The molecular weight excluding hydrogens is 424 g/mol. The van der Waals surface area contributed by atoms with E-state index in [0.717, 1.165) is 22.3 Å². The molecule has 1 aliphatic carbocycles. The number of nitrogen functional groups attached to an aromatic ring is 1. The van der Waals surface area contributed by atoms with E-state index >= 15 is 0 Å². The monoisotopic (exact) mass is 460 g/mol. The second-order valence-electron chi connectivity index (χ2n) is 8.89. The highest BCUT2D eigenvalue weighted by Gasteiger charge is 2.23. The Kier molecular flexibility index (Phi) is 9.39. The summed E-state index contributed by atoms with van der Waals surface area (Å²) in [7, 11) is 1.85. The van der Waals surface area contributed by atoms with E-state index in [2.05, 4.69) is 23.3 Å². The molecule has 1 amide bonds. The first-order chi connectivity index (χ1) is 16.0. The van der Waals surface area contributed by atoms with Gasteiger partial charge in [0.05, 0.1) is 23.0 Å². The van der Waals surface area contributed by atoms with Gasteiger partial charge in [0.1, 0.15) is 5.75 Å². The first kappa shape index (κ1) is 26.6. The molecule has 1 atom stereocenters. The molecular formula is C28H36N4O2. The van der Waals surface area contributed by atoms with Crippen molar-refractivity contribution in [3.05, 3.63) is 90.0 Å². The fraction of sp³-hybridized carbons (Fsp3) is 0.286. The van der Waals surface area contributed by atoms with Gasteiger partial charge in [0.2, 0.25) is 5.91 Å². The molecule has 0 bridgehead atoms. The van der Waals surface area contributed by atoms with Crippen LogP contribution in [0, 0.1) is 5.41 Å². The van der Waals surface area contributed by atoms with Gasteiger partial charge in [-0.3, -0.25) is 4.79 Å². The second-order valence-corrected chi connectivity index (χ2v) is 8.89. The lowest BCUT2D eigenvalue weighted by Gasteiger charge is -2.27. The van der Waals surface area contributed by atoms with E-state index in [4.69, 9.17) is 11.1 Å². The number of amides is 1. The van der Waals surface area contributed by atoms with Crippen LogP contribution in [0.4, 0.5) is 5.69 Å². The molecule has 0 fully saturated rings.